The minimum Gasteiger partial charge on any atom is -0.263 e. The van der Waals surface area contributed by atoms with Crippen molar-refractivity contribution in [2.45, 2.75) is 0 Å². The van der Waals surface area contributed by atoms with Crippen molar-refractivity contribution in [1.82, 2.24) is 34.9 Å². The molecule has 0 aromatic carbocycles. The van der Waals surface area contributed by atoms with Crippen molar-refractivity contribution in [3.8, 4) is 67.4 Å². The normalized spacial score (nSPS) is 10.9. The molecule has 7 nitrogen and oxygen atoms in total. The monoisotopic (exact) mass is 541 g/mol. The summed E-state index contributed by atoms with van der Waals surface area (Å²) in [4.78, 5) is 32.2. The maximum absolute atomic E-state index is 5.10. The van der Waals surface area contributed by atoms with Crippen LogP contribution < -0.4 is 0 Å². The molecule has 42 heavy (non-hydrogen) atoms. The fourth-order valence-corrected chi connectivity index (χ4v) is 4.77. The van der Waals surface area contributed by atoms with Gasteiger partial charge in [0.15, 0.2) is 0 Å². The molecule has 0 saturated carbocycles. The van der Waals surface area contributed by atoms with E-state index in [1.54, 1.807) is 18.6 Å². The molecule has 198 valence electrons. The number of pyridine rings is 7. The minimum absolute atomic E-state index is 0.777. The lowest BCUT2D eigenvalue weighted by molar-refractivity contribution is 1.24. The largest absolute Gasteiger partial charge is 0.263 e. The smallest absolute Gasteiger partial charge is 0.0731 e. The van der Waals surface area contributed by atoms with Gasteiger partial charge in [-0.05, 0) is 72.3 Å². The van der Waals surface area contributed by atoms with Crippen LogP contribution in [0.25, 0.3) is 67.4 Å². The highest BCUT2D eigenvalue weighted by atomic mass is 14.8. The van der Waals surface area contributed by atoms with Crippen LogP contribution in [-0.2, 0) is 0 Å². The van der Waals surface area contributed by atoms with Crippen molar-refractivity contribution < 1.29 is 0 Å². The van der Waals surface area contributed by atoms with Gasteiger partial charge in [0.1, 0.15) is 0 Å². The Morgan fingerprint density at radius 3 is 1.05 bits per heavy atom. The van der Waals surface area contributed by atoms with Gasteiger partial charge in [0.2, 0.25) is 0 Å². The number of nitrogens with zero attached hydrogens (tertiary/aromatic N) is 7. The summed E-state index contributed by atoms with van der Waals surface area (Å²) in [6.07, 6.45) is 16.3. The van der Waals surface area contributed by atoms with Gasteiger partial charge in [-0.15, -0.1) is 0 Å². The molecule has 7 rings (SSSR count). The molecule has 0 N–H and O–H groups in total. The zero-order chi connectivity index (χ0) is 28.1. The maximum Gasteiger partial charge on any atom is 0.0731 e. The Balaban J connectivity index is 1.38. The van der Waals surface area contributed by atoms with E-state index in [9.17, 15) is 0 Å². The van der Waals surface area contributed by atoms with Crippen molar-refractivity contribution in [2.24, 2.45) is 0 Å². The molecule has 0 bridgehead atoms. The number of rotatable bonds is 6. The van der Waals surface area contributed by atoms with Gasteiger partial charge >= 0.3 is 0 Å². The van der Waals surface area contributed by atoms with E-state index in [-0.39, 0.29) is 0 Å². The highest BCUT2D eigenvalue weighted by Gasteiger charge is 2.13. The Kier molecular flexibility index (Phi) is 6.72. The Hall–Kier alpha value is -5.95. The van der Waals surface area contributed by atoms with E-state index in [0.717, 1.165) is 67.4 Å². The topological polar surface area (TPSA) is 90.2 Å². The average molecular weight is 542 g/mol. The predicted molar refractivity (Wildman–Crippen MR) is 164 cm³/mol. The van der Waals surface area contributed by atoms with Crippen LogP contribution in [0.3, 0.4) is 0 Å². The van der Waals surface area contributed by atoms with E-state index in [4.69, 9.17) is 4.98 Å². The third kappa shape index (κ3) is 5.26. The summed E-state index contributed by atoms with van der Waals surface area (Å²) in [5, 5.41) is 0. The van der Waals surface area contributed by atoms with E-state index in [0.29, 0.717) is 0 Å². The molecule has 0 amide bonds. The van der Waals surface area contributed by atoms with Gasteiger partial charge < -0.3 is 0 Å². The van der Waals surface area contributed by atoms with Gasteiger partial charge in [-0.25, -0.2) is 4.98 Å². The summed E-state index contributed by atoms with van der Waals surface area (Å²) in [5.74, 6) is 0. The quantitative estimate of drug-likeness (QED) is 0.216. The molecule has 7 aromatic heterocycles. The molecule has 0 aliphatic carbocycles. The zero-order valence-electron chi connectivity index (χ0n) is 22.4. The third-order valence-corrected chi connectivity index (χ3v) is 6.85. The van der Waals surface area contributed by atoms with Crippen LogP contribution in [0.2, 0.25) is 0 Å². The highest BCUT2D eigenvalue weighted by molar-refractivity contribution is 5.80. The fourth-order valence-electron chi connectivity index (χ4n) is 4.77. The molecular weight excluding hydrogens is 518 g/mol. The Morgan fingerprint density at radius 2 is 0.667 bits per heavy atom. The first kappa shape index (κ1) is 25.0. The summed E-state index contributed by atoms with van der Waals surface area (Å²) in [5.41, 5.74) is 10.6. The van der Waals surface area contributed by atoms with Crippen molar-refractivity contribution in [3.63, 3.8) is 0 Å². The van der Waals surface area contributed by atoms with Crippen LogP contribution in [-0.4, -0.2) is 34.9 Å². The van der Waals surface area contributed by atoms with E-state index < -0.39 is 0 Å². The van der Waals surface area contributed by atoms with Crippen LogP contribution in [0.1, 0.15) is 0 Å². The Bertz CT molecular complexity index is 1740. The number of aromatic nitrogens is 7. The molecule has 0 fully saturated rings. The zero-order valence-corrected chi connectivity index (χ0v) is 22.4. The molecule has 0 spiro atoms. The predicted octanol–water partition coefficient (Wildman–Crippen LogP) is 7.45. The van der Waals surface area contributed by atoms with Crippen LogP contribution in [0.4, 0.5) is 0 Å². The standard InChI is InChI=1S/C35H23N7/c1-4-10-39-31(7-1)26-13-25(18-36-19-26)24-16-34(29-14-27(20-37-22-29)32-8-2-5-11-40-32)42-35(17-24)30-15-28(21-38-23-30)33-9-3-6-12-41-33/h1-23H. The number of hydrogen-bond donors (Lipinski definition) is 0. The van der Waals surface area contributed by atoms with E-state index in [2.05, 4.69) is 60.2 Å². The van der Waals surface area contributed by atoms with E-state index >= 15 is 0 Å². The lowest BCUT2D eigenvalue weighted by Crippen LogP contribution is -1.94. The molecule has 0 radical (unpaired) electrons. The SMILES string of the molecule is c1ccc(-c2cncc(-c3cc(-c4cncc(-c5ccccn5)c4)nc(-c4cncc(-c5ccccn5)c4)c3)c2)nc1. The second-order valence-electron chi connectivity index (χ2n) is 9.66. The van der Waals surface area contributed by atoms with Gasteiger partial charge in [0.25, 0.3) is 0 Å². The molecule has 7 heteroatoms. The first-order chi connectivity index (χ1) is 20.8. The first-order valence-corrected chi connectivity index (χ1v) is 13.4. The van der Waals surface area contributed by atoms with Crippen LogP contribution in [0, 0.1) is 0 Å². The van der Waals surface area contributed by atoms with E-state index in [1.165, 1.54) is 0 Å². The Morgan fingerprint density at radius 1 is 0.310 bits per heavy atom. The summed E-state index contributed by atoms with van der Waals surface area (Å²) >= 11 is 0. The lowest BCUT2D eigenvalue weighted by Gasteiger charge is -2.12. The Labute approximate surface area is 242 Å². The molecule has 7 heterocycles. The summed E-state index contributed by atoms with van der Waals surface area (Å²) < 4.78 is 0. The number of hydrogen-bond acceptors (Lipinski definition) is 7. The average Bonchev–Trinajstić information content (AvgIpc) is 3.09. The fraction of sp³-hybridized carbons (Fsp3) is 0. The van der Waals surface area contributed by atoms with Crippen LogP contribution in [0.15, 0.2) is 141 Å². The van der Waals surface area contributed by atoms with Gasteiger partial charge in [0.05, 0.1) is 28.5 Å². The summed E-state index contributed by atoms with van der Waals surface area (Å²) in [6.45, 7) is 0. The van der Waals surface area contributed by atoms with Gasteiger partial charge in [-0.1, -0.05) is 18.2 Å². The summed E-state index contributed by atoms with van der Waals surface area (Å²) in [6, 6.07) is 27.9. The van der Waals surface area contributed by atoms with Gasteiger partial charge in [0, 0.05) is 89.2 Å². The second kappa shape index (κ2) is 11.3. The van der Waals surface area contributed by atoms with Crippen molar-refractivity contribution in [2.75, 3.05) is 0 Å². The molecule has 0 atom stereocenters. The molecule has 7 aromatic rings. The van der Waals surface area contributed by atoms with Gasteiger partial charge in [-0.3, -0.25) is 29.9 Å². The minimum atomic E-state index is 0.777. The summed E-state index contributed by atoms with van der Waals surface area (Å²) in [7, 11) is 0. The molecule has 0 saturated heterocycles. The maximum atomic E-state index is 5.10. The second-order valence-corrected chi connectivity index (χ2v) is 9.66. The molecule has 0 aliphatic heterocycles. The van der Waals surface area contributed by atoms with Crippen LogP contribution >= 0.6 is 0 Å². The van der Waals surface area contributed by atoms with E-state index in [1.807, 2.05) is 91.8 Å². The van der Waals surface area contributed by atoms with Crippen molar-refractivity contribution in [3.05, 3.63) is 141 Å². The van der Waals surface area contributed by atoms with Gasteiger partial charge in [-0.2, -0.15) is 0 Å². The highest BCUT2D eigenvalue weighted by Crippen LogP contribution is 2.33. The molecular formula is C35H23N7. The molecule has 0 aliphatic rings. The lowest BCUT2D eigenvalue weighted by atomic mass is 9.99. The van der Waals surface area contributed by atoms with Crippen molar-refractivity contribution >= 4 is 0 Å². The first-order valence-electron chi connectivity index (χ1n) is 13.4. The van der Waals surface area contributed by atoms with Crippen molar-refractivity contribution in [1.29, 1.82) is 0 Å². The molecule has 0 unspecified atom stereocenters. The third-order valence-electron chi connectivity index (χ3n) is 6.85. The van der Waals surface area contributed by atoms with Crippen LogP contribution in [0.5, 0.6) is 0 Å².